The van der Waals surface area contributed by atoms with Gasteiger partial charge in [0.05, 0.1) is 37.9 Å². The highest BCUT2D eigenvalue weighted by atomic mass is 16.5. The van der Waals surface area contributed by atoms with E-state index in [0.29, 0.717) is 28.9 Å². The van der Waals surface area contributed by atoms with Gasteiger partial charge in [0.1, 0.15) is 0 Å². The highest BCUT2D eigenvalue weighted by Crippen LogP contribution is 2.32. The number of amides is 2. The summed E-state index contributed by atoms with van der Waals surface area (Å²) in [5.41, 5.74) is 2.84. The zero-order valence-electron chi connectivity index (χ0n) is 16.5. The van der Waals surface area contributed by atoms with Crippen LogP contribution in [0.3, 0.4) is 0 Å². The third-order valence-corrected chi connectivity index (χ3v) is 4.85. The summed E-state index contributed by atoms with van der Waals surface area (Å²) in [6.45, 7) is 2.05. The molecule has 0 spiro atoms. The number of esters is 2. The second-order valence-corrected chi connectivity index (χ2v) is 6.56. The zero-order chi connectivity index (χ0) is 21.0. The smallest absolute Gasteiger partial charge is 0.337 e. The van der Waals surface area contributed by atoms with Gasteiger partial charge in [-0.3, -0.25) is 4.90 Å². The van der Waals surface area contributed by atoms with Crippen LogP contribution in [-0.4, -0.2) is 37.1 Å². The van der Waals surface area contributed by atoms with Gasteiger partial charge in [0.25, 0.3) is 0 Å². The summed E-state index contributed by atoms with van der Waals surface area (Å²) in [4.78, 5) is 38.6. The van der Waals surface area contributed by atoms with E-state index in [2.05, 4.69) is 5.32 Å². The van der Waals surface area contributed by atoms with Crippen LogP contribution in [0.2, 0.25) is 0 Å². The first-order valence-electron chi connectivity index (χ1n) is 9.05. The topological polar surface area (TPSA) is 84.9 Å². The molecule has 0 saturated heterocycles. The Hall–Kier alpha value is -3.61. The highest BCUT2D eigenvalue weighted by molar-refractivity contribution is 5.95. The number of ether oxygens (including phenoxy) is 2. The van der Waals surface area contributed by atoms with Crippen molar-refractivity contribution in [2.75, 3.05) is 14.2 Å². The molecule has 1 aliphatic heterocycles. The molecule has 0 radical (unpaired) electrons. The standard InChI is InChI=1S/C22H22N2O5/c1-14-18(21(26)29-3)19(16-9-11-17(12-10-16)20(25)28-2)23-22(27)24(14)13-15-7-5-4-6-8-15/h4-12,19H,13H2,1-3H3,(H,23,27)/t19-/m1/s1. The fourth-order valence-electron chi connectivity index (χ4n) is 3.29. The van der Waals surface area contributed by atoms with Crippen LogP contribution in [0, 0.1) is 0 Å². The summed E-state index contributed by atoms with van der Waals surface area (Å²) in [6, 6.07) is 15.0. The molecule has 29 heavy (non-hydrogen) atoms. The normalized spacial score (nSPS) is 16.3. The van der Waals surface area contributed by atoms with Crippen LogP contribution in [0.1, 0.15) is 34.5 Å². The Morgan fingerprint density at radius 2 is 1.59 bits per heavy atom. The number of nitrogens with zero attached hydrogens (tertiary/aromatic N) is 1. The van der Waals surface area contributed by atoms with Gasteiger partial charge in [-0.2, -0.15) is 0 Å². The third-order valence-electron chi connectivity index (χ3n) is 4.85. The van der Waals surface area contributed by atoms with E-state index >= 15 is 0 Å². The van der Waals surface area contributed by atoms with Crippen LogP contribution in [0.15, 0.2) is 65.9 Å². The molecule has 2 amide bonds. The van der Waals surface area contributed by atoms with Gasteiger partial charge in [-0.1, -0.05) is 42.5 Å². The molecule has 3 rings (SSSR count). The molecule has 0 unspecified atom stereocenters. The van der Waals surface area contributed by atoms with E-state index in [0.717, 1.165) is 5.56 Å². The van der Waals surface area contributed by atoms with Crippen LogP contribution in [0.25, 0.3) is 0 Å². The van der Waals surface area contributed by atoms with E-state index in [4.69, 9.17) is 9.47 Å². The first kappa shape index (κ1) is 20.1. The molecule has 7 nitrogen and oxygen atoms in total. The molecular weight excluding hydrogens is 372 g/mol. The van der Waals surface area contributed by atoms with Gasteiger partial charge in [0.15, 0.2) is 0 Å². The molecule has 1 aliphatic rings. The van der Waals surface area contributed by atoms with Crippen LogP contribution in [-0.2, 0) is 20.8 Å². The maximum atomic E-state index is 12.8. The SMILES string of the molecule is COC(=O)C1=C(C)N(Cc2ccccc2)C(=O)N[C@@H]1c1ccc(C(=O)OC)cc1. The number of hydrogen-bond donors (Lipinski definition) is 1. The number of hydrogen-bond acceptors (Lipinski definition) is 5. The molecule has 2 aromatic rings. The summed E-state index contributed by atoms with van der Waals surface area (Å²) < 4.78 is 9.68. The van der Waals surface area contributed by atoms with E-state index in [1.165, 1.54) is 19.1 Å². The molecule has 2 aromatic carbocycles. The number of allylic oxidation sites excluding steroid dienone is 1. The van der Waals surface area contributed by atoms with Gasteiger partial charge in [-0.25, -0.2) is 14.4 Å². The van der Waals surface area contributed by atoms with Crippen molar-refractivity contribution in [2.45, 2.75) is 19.5 Å². The Bertz CT molecular complexity index is 951. The van der Waals surface area contributed by atoms with Crippen molar-refractivity contribution in [2.24, 2.45) is 0 Å². The molecular formula is C22H22N2O5. The summed E-state index contributed by atoms with van der Waals surface area (Å²) in [7, 11) is 2.61. The molecule has 0 aromatic heterocycles. The molecule has 0 aliphatic carbocycles. The molecule has 0 saturated carbocycles. The van der Waals surface area contributed by atoms with Crippen molar-refractivity contribution in [3.8, 4) is 0 Å². The maximum absolute atomic E-state index is 12.8. The summed E-state index contributed by atoms with van der Waals surface area (Å²) >= 11 is 0. The number of rotatable bonds is 5. The molecule has 7 heteroatoms. The van der Waals surface area contributed by atoms with Crippen molar-refractivity contribution < 1.29 is 23.9 Å². The number of benzene rings is 2. The van der Waals surface area contributed by atoms with Gasteiger partial charge >= 0.3 is 18.0 Å². The molecule has 1 atom stereocenters. The van der Waals surface area contributed by atoms with Crippen molar-refractivity contribution >= 4 is 18.0 Å². The first-order valence-corrected chi connectivity index (χ1v) is 9.05. The third kappa shape index (κ3) is 4.13. The van der Waals surface area contributed by atoms with Gasteiger partial charge in [0, 0.05) is 5.70 Å². The van der Waals surface area contributed by atoms with E-state index in [1.807, 2.05) is 30.3 Å². The largest absolute Gasteiger partial charge is 0.466 e. The number of urea groups is 1. The van der Waals surface area contributed by atoms with Crippen LogP contribution in [0.4, 0.5) is 4.79 Å². The lowest BCUT2D eigenvalue weighted by Crippen LogP contribution is -2.47. The lowest BCUT2D eigenvalue weighted by Gasteiger charge is -2.35. The molecule has 1 heterocycles. The van der Waals surface area contributed by atoms with Crippen molar-refractivity contribution in [1.29, 1.82) is 0 Å². The van der Waals surface area contributed by atoms with Gasteiger partial charge in [-0.15, -0.1) is 0 Å². The number of carbonyl (C=O) groups is 3. The monoisotopic (exact) mass is 394 g/mol. The number of methoxy groups -OCH3 is 2. The van der Waals surface area contributed by atoms with E-state index in [9.17, 15) is 14.4 Å². The summed E-state index contributed by atoms with van der Waals surface area (Å²) in [6.07, 6.45) is 0. The molecule has 0 bridgehead atoms. The molecule has 0 fully saturated rings. The van der Waals surface area contributed by atoms with Gasteiger partial charge < -0.3 is 14.8 Å². The zero-order valence-corrected chi connectivity index (χ0v) is 16.5. The minimum absolute atomic E-state index is 0.318. The van der Waals surface area contributed by atoms with Gasteiger partial charge in [0.2, 0.25) is 0 Å². The number of carbonyl (C=O) groups excluding carboxylic acids is 3. The Balaban J connectivity index is 1.98. The minimum Gasteiger partial charge on any atom is -0.466 e. The highest BCUT2D eigenvalue weighted by Gasteiger charge is 2.36. The van der Waals surface area contributed by atoms with Crippen molar-refractivity contribution in [3.05, 3.63) is 82.6 Å². The van der Waals surface area contributed by atoms with E-state index in [-0.39, 0.29) is 6.03 Å². The Labute approximate surface area is 168 Å². The average Bonchev–Trinajstić information content (AvgIpc) is 2.76. The van der Waals surface area contributed by atoms with Crippen molar-refractivity contribution in [3.63, 3.8) is 0 Å². The molecule has 150 valence electrons. The predicted molar refractivity (Wildman–Crippen MR) is 106 cm³/mol. The maximum Gasteiger partial charge on any atom is 0.337 e. The predicted octanol–water partition coefficient (Wildman–Crippen LogP) is 3.19. The van der Waals surface area contributed by atoms with Crippen molar-refractivity contribution in [1.82, 2.24) is 10.2 Å². The first-order chi connectivity index (χ1) is 14.0. The lowest BCUT2D eigenvalue weighted by atomic mass is 9.94. The summed E-state index contributed by atoms with van der Waals surface area (Å²) in [5, 5.41) is 2.87. The summed E-state index contributed by atoms with van der Waals surface area (Å²) in [5.74, 6) is -0.985. The van der Waals surface area contributed by atoms with E-state index < -0.39 is 18.0 Å². The fourth-order valence-corrected chi connectivity index (χ4v) is 3.29. The average molecular weight is 394 g/mol. The quantitative estimate of drug-likeness (QED) is 0.788. The van der Waals surface area contributed by atoms with Crippen LogP contribution >= 0.6 is 0 Å². The van der Waals surface area contributed by atoms with Gasteiger partial charge in [-0.05, 0) is 30.2 Å². The van der Waals surface area contributed by atoms with Crippen LogP contribution in [0.5, 0.6) is 0 Å². The Morgan fingerprint density at radius 3 is 2.17 bits per heavy atom. The lowest BCUT2D eigenvalue weighted by molar-refractivity contribution is -0.136. The minimum atomic E-state index is -0.686. The van der Waals surface area contributed by atoms with E-state index in [1.54, 1.807) is 31.2 Å². The second kappa shape index (κ2) is 8.60. The molecule has 1 N–H and O–H groups in total. The Morgan fingerprint density at radius 1 is 0.966 bits per heavy atom. The van der Waals surface area contributed by atoms with Crippen LogP contribution < -0.4 is 5.32 Å². The Kier molecular flexibility index (Phi) is 5.97. The number of nitrogens with one attached hydrogen (secondary N) is 1. The fraction of sp³-hybridized carbons (Fsp3) is 0.227. The second-order valence-electron chi connectivity index (χ2n) is 6.56.